The van der Waals surface area contributed by atoms with Gasteiger partial charge in [0.05, 0.1) is 0 Å². The first-order valence-corrected chi connectivity index (χ1v) is 6.81. The molecule has 0 spiro atoms. The molecule has 19 heavy (non-hydrogen) atoms. The van der Waals surface area contributed by atoms with Gasteiger partial charge in [0.2, 0.25) is 0 Å². The molecule has 0 aromatic carbocycles. The minimum atomic E-state index is -0.247. The quantitative estimate of drug-likeness (QED) is 0.815. The number of hydrogen-bond donors (Lipinski definition) is 2. The largest absolute Gasteiger partial charge is 0.382 e. The van der Waals surface area contributed by atoms with Crippen LogP contribution in [0.5, 0.6) is 0 Å². The second kappa shape index (κ2) is 6.47. The fourth-order valence-electron chi connectivity index (χ4n) is 2.46. The van der Waals surface area contributed by atoms with Crippen molar-refractivity contribution in [3.05, 3.63) is 18.1 Å². The molecule has 2 rings (SSSR count). The Kier molecular flexibility index (Phi) is 4.68. The van der Waals surface area contributed by atoms with Gasteiger partial charge in [-0.05, 0) is 32.4 Å². The summed E-state index contributed by atoms with van der Waals surface area (Å²) < 4.78 is 0. The SMILES string of the molecule is CC[C@H](CNC(=O)c1nccnc1N)N1CCCC1. The lowest BCUT2D eigenvalue weighted by Crippen LogP contribution is -2.42. The van der Waals surface area contributed by atoms with Gasteiger partial charge in [0.1, 0.15) is 0 Å². The molecule has 1 aliphatic heterocycles. The molecule has 2 heterocycles. The van der Waals surface area contributed by atoms with Crippen LogP contribution in [0.15, 0.2) is 12.4 Å². The first-order chi connectivity index (χ1) is 9.22. The fraction of sp³-hybridized carbons (Fsp3) is 0.615. The lowest BCUT2D eigenvalue weighted by molar-refractivity contribution is 0.0932. The Balaban J connectivity index is 1.90. The van der Waals surface area contributed by atoms with Gasteiger partial charge in [0.25, 0.3) is 5.91 Å². The van der Waals surface area contributed by atoms with Crippen LogP contribution in [0.25, 0.3) is 0 Å². The number of nitrogens with one attached hydrogen (secondary N) is 1. The van der Waals surface area contributed by atoms with E-state index in [4.69, 9.17) is 5.73 Å². The Morgan fingerprint density at radius 1 is 1.42 bits per heavy atom. The molecule has 0 bridgehead atoms. The Hall–Kier alpha value is -1.69. The predicted octanol–water partition coefficient (Wildman–Crippen LogP) is 0.663. The Morgan fingerprint density at radius 3 is 2.74 bits per heavy atom. The first-order valence-electron chi connectivity index (χ1n) is 6.81. The van der Waals surface area contributed by atoms with Crippen molar-refractivity contribution in [1.29, 1.82) is 0 Å². The third-order valence-corrected chi connectivity index (χ3v) is 3.57. The van der Waals surface area contributed by atoms with Crippen LogP contribution in [-0.4, -0.2) is 46.5 Å². The molecule has 1 aromatic rings. The number of nitrogens with two attached hydrogens (primary N) is 1. The minimum Gasteiger partial charge on any atom is -0.382 e. The summed E-state index contributed by atoms with van der Waals surface area (Å²) in [5.74, 6) is -0.0718. The summed E-state index contributed by atoms with van der Waals surface area (Å²) >= 11 is 0. The maximum atomic E-state index is 12.0. The predicted molar refractivity (Wildman–Crippen MR) is 73.7 cm³/mol. The van der Waals surface area contributed by atoms with Crippen molar-refractivity contribution < 1.29 is 4.79 Å². The molecule has 0 aliphatic carbocycles. The molecule has 1 aliphatic rings. The van der Waals surface area contributed by atoms with Crippen LogP contribution >= 0.6 is 0 Å². The van der Waals surface area contributed by atoms with Crippen molar-refractivity contribution in [2.75, 3.05) is 25.4 Å². The van der Waals surface area contributed by atoms with Gasteiger partial charge in [-0.25, -0.2) is 9.97 Å². The van der Waals surface area contributed by atoms with E-state index < -0.39 is 0 Å². The highest BCUT2D eigenvalue weighted by Crippen LogP contribution is 2.13. The van der Waals surface area contributed by atoms with E-state index in [9.17, 15) is 4.79 Å². The molecule has 6 heteroatoms. The van der Waals surface area contributed by atoms with E-state index in [1.807, 2.05) is 0 Å². The van der Waals surface area contributed by atoms with Crippen LogP contribution in [0.2, 0.25) is 0 Å². The van der Waals surface area contributed by atoms with Gasteiger partial charge in [-0.2, -0.15) is 0 Å². The third kappa shape index (κ3) is 3.41. The number of rotatable bonds is 5. The zero-order valence-corrected chi connectivity index (χ0v) is 11.3. The van der Waals surface area contributed by atoms with Crippen molar-refractivity contribution in [2.45, 2.75) is 32.2 Å². The molecule has 1 fully saturated rings. The standard InChI is InChI=1S/C13H21N5O/c1-2-10(18-7-3-4-8-18)9-17-13(19)11-12(14)16-6-5-15-11/h5-6,10H,2-4,7-9H2,1H3,(H2,14,16)(H,17,19)/t10-/m1/s1. The summed E-state index contributed by atoms with van der Waals surface area (Å²) in [7, 11) is 0. The number of carbonyl (C=O) groups is 1. The molecule has 1 aromatic heterocycles. The summed E-state index contributed by atoms with van der Waals surface area (Å²) in [5.41, 5.74) is 5.84. The number of nitrogens with zero attached hydrogens (tertiary/aromatic N) is 3. The third-order valence-electron chi connectivity index (χ3n) is 3.57. The molecular weight excluding hydrogens is 242 g/mol. The number of carbonyl (C=O) groups excluding carboxylic acids is 1. The molecule has 0 radical (unpaired) electrons. The number of amides is 1. The van der Waals surface area contributed by atoms with E-state index in [2.05, 4.69) is 27.1 Å². The number of nitrogen functional groups attached to an aromatic ring is 1. The normalized spacial score (nSPS) is 17.3. The Bertz CT molecular complexity index is 431. The summed E-state index contributed by atoms with van der Waals surface area (Å²) in [4.78, 5) is 22.3. The first kappa shape index (κ1) is 13.7. The van der Waals surface area contributed by atoms with Crippen molar-refractivity contribution in [1.82, 2.24) is 20.2 Å². The summed E-state index contributed by atoms with van der Waals surface area (Å²) in [6, 6.07) is 0.393. The summed E-state index contributed by atoms with van der Waals surface area (Å²) in [6.07, 6.45) is 6.48. The number of aromatic nitrogens is 2. The zero-order chi connectivity index (χ0) is 13.7. The van der Waals surface area contributed by atoms with Gasteiger partial charge in [-0.1, -0.05) is 6.92 Å². The van der Waals surface area contributed by atoms with E-state index in [0.717, 1.165) is 19.5 Å². The molecule has 0 unspecified atom stereocenters. The second-order valence-corrected chi connectivity index (χ2v) is 4.81. The van der Waals surface area contributed by atoms with Crippen LogP contribution in [-0.2, 0) is 0 Å². The molecular formula is C13H21N5O. The van der Waals surface area contributed by atoms with Crippen molar-refractivity contribution in [2.24, 2.45) is 0 Å². The van der Waals surface area contributed by atoms with Gasteiger partial charge in [0.15, 0.2) is 11.5 Å². The minimum absolute atomic E-state index is 0.175. The number of anilines is 1. The van der Waals surface area contributed by atoms with E-state index in [1.165, 1.54) is 25.2 Å². The zero-order valence-electron chi connectivity index (χ0n) is 11.3. The van der Waals surface area contributed by atoms with Crippen molar-refractivity contribution in [3.8, 4) is 0 Å². The van der Waals surface area contributed by atoms with Gasteiger partial charge < -0.3 is 11.1 Å². The fourth-order valence-corrected chi connectivity index (χ4v) is 2.46. The Labute approximate surface area is 113 Å². The van der Waals surface area contributed by atoms with Gasteiger partial charge >= 0.3 is 0 Å². The summed E-state index contributed by atoms with van der Waals surface area (Å²) in [5, 5.41) is 2.90. The molecule has 0 saturated carbocycles. The topological polar surface area (TPSA) is 84.1 Å². The average molecular weight is 263 g/mol. The van der Waals surface area contributed by atoms with Crippen LogP contribution in [0.3, 0.4) is 0 Å². The van der Waals surface area contributed by atoms with E-state index in [-0.39, 0.29) is 17.4 Å². The smallest absolute Gasteiger partial charge is 0.273 e. The van der Waals surface area contributed by atoms with Crippen molar-refractivity contribution >= 4 is 11.7 Å². The number of likely N-dealkylation sites (tertiary alicyclic amines) is 1. The van der Waals surface area contributed by atoms with Crippen LogP contribution in [0.1, 0.15) is 36.7 Å². The van der Waals surface area contributed by atoms with E-state index in [0.29, 0.717) is 12.6 Å². The van der Waals surface area contributed by atoms with Crippen LogP contribution < -0.4 is 11.1 Å². The van der Waals surface area contributed by atoms with Gasteiger partial charge in [-0.15, -0.1) is 0 Å². The molecule has 1 atom stereocenters. The van der Waals surface area contributed by atoms with Gasteiger partial charge in [-0.3, -0.25) is 9.69 Å². The highest BCUT2D eigenvalue weighted by molar-refractivity contribution is 5.96. The van der Waals surface area contributed by atoms with Crippen molar-refractivity contribution in [3.63, 3.8) is 0 Å². The average Bonchev–Trinajstić information content (AvgIpc) is 2.94. The number of hydrogen-bond acceptors (Lipinski definition) is 5. The molecule has 104 valence electrons. The second-order valence-electron chi connectivity index (χ2n) is 4.81. The monoisotopic (exact) mass is 263 g/mol. The molecule has 3 N–H and O–H groups in total. The van der Waals surface area contributed by atoms with E-state index >= 15 is 0 Å². The maximum absolute atomic E-state index is 12.0. The lowest BCUT2D eigenvalue weighted by Gasteiger charge is -2.26. The van der Waals surface area contributed by atoms with Crippen LogP contribution in [0.4, 0.5) is 5.82 Å². The molecule has 1 amide bonds. The Morgan fingerprint density at radius 2 is 2.11 bits per heavy atom. The van der Waals surface area contributed by atoms with Crippen LogP contribution in [0, 0.1) is 0 Å². The highest BCUT2D eigenvalue weighted by Gasteiger charge is 2.21. The summed E-state index contributed by atoms with van der Waals surface area (Å²) in [6.45, 7) is 5.03. The maximum Gasteiger partial charge on any atom is 0.273 e. The van der Waals surface area contributed by atoms with E-state index in [1.54, 1.807) is 0 Å². The highest BCUT2D eigenvalue weighted by atomic mass is 16.1. The molecule has 6 nitrogen and oxygen atoms in total. The molecule has 1 saturated heterocycles. The van der Waals surface area contributed by atoms with Gasteiger partial charge in [0, 0.05) is 25.0 Å². The lowest BCUT2D eigenvalue weighted by atomic mass is 10.2.